The molecule has 0 spiro atoms. The fourth-order valence-electron chi connectivity index (χ4n) is 1.08. The SMILES string of the molecule is [CH2]c1c(S(=O)(=O)O)cc(S(=O)(=O)O)c(O)c1O. The Labute approximate surface area is 96.6 Å². The van der Waals surface area contributed by atoms with E-state index < -0.39 is 47.1 Å². The summed E-state index contributed by atoms with van der Waals surface area (Å²) < 4.78 is 60.7. The van der Waals surface area contributed by atoms with Crippen LogP contribution in [0.25, 0.3) is 0 Å². The monoisotopic (exact) mass is 283 g/mol. The highest BCUT2D eigenvalue weighted by molar-refractivity contribution is 7.86. The molecule has 1 radical (unpaired) electrons. The van der Waals surface area contributed by atoms with E-state index in [1.54, 1.807) is 0 Å². The van der Waals surface area contributed by atoms with Crippen molar-refractivity contribution in [1.29, 1.82) is 0 Å². The van der Waals surface area contributed by atoms with Gasteiger partial charge in [-0.25, -0.2) is 0 Å². The summed E-state index contributed by atoms with van der Waals surface area (Å²) in [5.41, 5.74) is -0.697. The Morgan fingerprint density at radius 3 is 1.65 bits per heavy atom. The van der Waals surface area contributed by atoms with Crippen molar-refractivity contribution < 1.29 is 36.2 Å². The number of hydrogen-bond acceptors (Lipinski definition) is 6. The van der Waals surface area contributed by atoms with Crippen LogP contribution < -0.4 is 0 Å². The van der Waals surface area contributed by atoms with Gasteiger partial charge in [-0.05, 0) is 13.0 Å². The summed E-state index contributed by atoms with van der Waals surface area (Å²) in [6.07, 6.45) is 0. The number of rotatable bonds is 2. The van der Waals surface area contributed by atoms with E-state index >= 15 is 0 Å². The molecule has 0 fully saturated rings. The highest BCUT2D eigenvalue weighted by atomic mass is 32.2. The highest BCUT2D eigenvalue weighted by Crippen LogP contribution is 2.38. The highest BCUT2D eigenvalue weighted by Gasteiger charge is 2.26. The van der Waals surface area contributed by atoms with Crippen LogP contribution in [0.2, 0.25) is 0 Å². The van der Waals surface area contributed by atoms with Crippen molar-refractivity contribution in [3.8, 4) is 11.5 Å². The van der Waals surface area contributed by atoms with Gasteiger partial charge in [-0.15, -0.1) is 0 Å². The topological polar surface area (TPSA) is 149 Å². The molecule has 17 heavy (non-hydrogen) atoms. The third-order valence-corrected chi connectivity index (χ3v) is 3.65. The van der Waals surface area contributed by atoms with Gasteiger partial charge in [-0.3, -0.25) is 9.11 Å². The first-order chi connectivity index (χ1) is 7.46. The van der Waals surface area contributed by atoms with E-state index in [2.05, 4.69) is 6.92 Å². The first kappa shape index (κ1) is 13.7. The minimum Gasteiger partial charge on any atom is -0.504 e. The van der Waals surface area contributed by atoms with Gasteiger partial charge in [0.15, 0.2) is 11.5 Å². The zero-order valence-electron chi connectivity index (χ0n) is 8.02. The number of phenolic OH excluding ortho intramolecular Hbond substituents is 2. The van der Waals surface area contributed by atoms with Gasteiger partial charge < -0.3 is 10.2 Å². The average molecular weight is 283 g/mol. The molecule has 10 heteroatoms. The lowest BCUT2D eigenvalue weighted by molar-refractivity contribution is 0.384. The molecule has 0 atom stereocenters. The molecular formula is C7H7O8S2. The Balaban J connectivity index is 3.88. The average Bonchev–Trinajstić information content (AvgIpc) is 2.10. The summed E-state index contributed by atoms with van der Waals surface area (Å²) in [5.74, 6) is -2.43. The van der Waals surface area contributed by atoms with E-state index in [9.17, 15) is 27.0 Å². The van der Waals surface area contributed by atoms with Gasteiger partial charge in [0.25, 0.3) is 20.2 Å². The number of aromatic hydroxyl groups is 2. The third-order valence-electron chi connectivity index (χ3n) is 1.86. The molecule has 8 nitrogen and oxygen atoms in total. The second-order valence-electron chi connectivity index (χ2n) is 3.00. The maximum Gasteiger partial charge on any atom is 0.298 e. The van der Waals surface area contributed by atoms with Gasteiger partial charge in [0, 0.05) is 5.56 Å². The quantitative estimate of drug-likeness (QED) is 0.429. The molecule has 4 N–H and O–H groups in total. The molecule has 0 aromatic heterocycles. The van der Waals surface area contributed by atoms with Crippen LogP contribution in [0.5, 0.6) is 11.5 Å². The normalized spacial score (nSPS) is 12.6. The minimum absolute atomic E-state index is 0.280. The number of benzene rings is 1. The molecule has 0 heterocycles. The predicted molar refractivity (Wildman–Crippen MR) is 53.9 cm³/mol. The summed E-state index contributed by atoms with van der Waals surface area (Å²) in [7, 11) is -9.83. The van der Waals surface area contributed by atoms with Crippen molar-refractivity contribution in [2.75, 3.05) is 0 Å². The Morgan fingerprint density at radius 1 is 0.882 bits per heavy atom. The van der Waals surface area contributed by atoms with E-state index in [1.807, 2.05) is 0 Å². The van der Waals surface area contributed by atoms with Crippen LogP contribution in [0.3, 0.4) is 0 Å². The zero-order valence-corrected chi connectivity index (χ0v) is 9.66. The van der Waals surface area contributed by atoms with Crippen LogP contribution in [0.4, 0.5) is 0 Å². The molecular weight excluding hydrogens is 276 g/mol. The molecule has 0 saturated heterocycles. The van der Waals surface area contributed by atoms with Crippen LogP contribution in [-0.2, 0) is 20.2 Å². The summed E-state index contributed by atoms with van der Waals surface area (Å²) >= 11 is 0. The Morgan fingerprint density at radius 2 is 1.29 bits per heavy atom. The van der Waals surface area contributed by atoms with Crippen LogP contribution in [-0.4, -0.2) is 36.2 Å². The third kappa shape index (κ3) is 2.49. The predicted octanol–water partition coefficient (Wildman–Crippen LogP) is -0.227. The summed E-state index contributed by atoms with van der Waals surface area (Å²) in [6.45, 7) is 3.04. The summed E-state index contributed by atoms with van der Waals surface area (Å²) in [4.78, 5) is -2.30. The Bertz CT molecular complexity index is 614. The van der Waals surface area contributed by atoms with Gasteiger partial charge >= 0.3 is 0 Å². The van der Waals surface area contributed by atoms with Gasteiger partial charge in [0.1, 0.15) is 9.79 Å². The molecule has 0 aliphatic carbocycles. The molecule has 95 valence electrons. The molecule has 0 amide bonds. The lowest BCUT2D eigenvalue weighted by Crippen LogP contribution is -2.06. The van der Waals surface area contributed by atoms with Gasteiger partial charge in [-0.2, -0.15) is 16.8 Å². The fraction of sp³-hybridized carbons (Fsp3) is 0. The minimum atomic E-state index is -4.97. The van der Waals surface area contributed by atoms with E-state index in [0.717, 1.165) is 0 Å². The van der Waals surface area contributed by atoms with Crippen molar-refractivity contribution in [2.24, 2.45) is 0 Å². The van der Waals surface area contributed by atoms with Gasteiger partial charge in [0.05, 0.1) is 0 Å². The van der Waals surface area contributed by atoms with E-state index in [1.165, 1.54) is 0 Å². The Kier molecular flexibility index (Phi) is 3.09. The number of hydrogen-bond donors (Lipinski definition) is 4. The van der Waals surface area contributed by atoms with Crippen LogP contribution in [0, 0.1) is 6.92 Å². The van der Waals surface area contributed by atoms with Crippen LogP contribution >= 0.6 is 0 Å². The molecule has 0 aliphatic heterocycles. The number of phenols is 2. The lowest BCUT2D eigenvalue weighted by Gasteiger charge is -2.09. The van der Waals surface area contributed by atoms with Gasteiger partial charge in [0.2, 0.25) is 0 Å². The molecule has 1 aromatic rings. The largest absolute Gasteiger partial charge is 0.504 e. The van der Waals surface area contributed by atoms with Crippen LogP contribution in [0.15, 0.2) is 15.9 Å². The first-order valence-corrected chi connectivity index (χ1v) is 6.70. The van der Waals surface area contributed by atoms with Crippen molar-refractivity contribution in [3.63, 3.8) is 0 Å². The molecule has 0 saturated carbocycles. The second-order valence-corrected chi connectivity index (χ2v) is 5.78. The summed E-state index contributed by atoms with van der Waals surface area (Å²) in [5, 5.41) is 18.4. The molecule has 0 bridgehead atoms. The smallest absolute Gasteiger partial charge is 0.298 e. The van der Waals surface area contributed by atoms with Crippen molar-refractivity contribution >= 4 is 20.2 Å². The zero-order chi connectivity index (χ0) is 13.6. The molecule has 0 unspecified atom stereocenters. The maximum absolute atomic E-state index is 10.8. The van der Waals surface area contributed by atoms with Crippen LogP contribution in [0.1, 0.15) is 5.56 Å². The van der Waals surface area contributed by atoms with E-state index in [4.69, 9.17) is 9.11 Å². The van der Waals surface area contributed by atoms with Gasteiger partial charge in [-0.1, -0.05) is 0 Å². The molecule has 1 rings (SSSR count). The standard InChI is InChI=1S/C7H7O8S2/c1-3-4(16(10,11)12)2-5(17(13,14)15)7(9)6(3)8/h2,8-9H,1H2,(H,10,11,12)(H,13,14,15). The Hall–Kier alpha value is -1.36. The molecule has 0 aliphatic rings. The van der Waals surface area contributed by atoms with Crippen molar-refractivity contribution in [2.45, 2.75) is 9.79 Å². The fourth-order valence-corrected chi connectivity index (χ4v) is 2.43. The lowest BCUT2D eigenvalue weighted by atomic mass is 10.2. The van der Waals surface area contributed by atoms with E-state index in [-0.39, 0.29) is 6.07 Å². The van der Waals surface area contributed by atoms with E-state index in [0.29, 0.717) is 0 Å². The maximum atomic E-state index is 10.8. The first-order valence-electron chi connectivity index (χ1n) is 3.82. The summed E-state index contributed by atoms with van der Waals surface area (Å²) in [6, 6.07) is 0.280. The second kappa shape index (κ2) is 3.84. The van der Waals surface area contributed by atoms with Crippen molar-refractivity contribution in [3.05, 3.63) is 18.6 Å². The molecule has 1 aromatic carbocycles. The van der Waals surface area contributed by atoms with Crippen molar-refractivity contribution in [1.82, 2.24) is 0 Å².